The van der Waals surface area contributed by atoms with Gasteiger partial charge in [0, 0.05) is 16.5 Å². The van der Waals surface area contributed by atoms with Gasteiger partial charge in [0.05, 0.1) is 30.1 Å². The van der Waals surface area contributed by atoms with Gasteiger partial charge in [0.25, 0.3) is 5.91 Å². The molecule has 6 heteroatoms. The number of aromatic nitrogens is 1. The number of nitrogens with zero attached hydrogens (tertiary/aromatic N) is 2. The molecule has 0 aliphatic rings. The van der Waals surface area contributed by atoms with Crippen molar-refractivity contribution in [3.05, 3.63) is 82.6 Å². The fourth-order valence-corrected chi connectivity index (χ4v) is 3.54. The predicted molar refractivity (Wildman–Crippen MR) is 113 cm³/mol. The van der Waals surface area contributed by atoms with E-state index in [9.17, 15) is 4.79 Å². The molecule has 2 heterocycles. The highest BCUT2D eigenvalue weighted by atomic mass is 32.1. The molecule has 2 aromatic carbocycles. The van der Waals surface area contributed by atoms with Crippen LogP contribution in [0.1, 0.15) is 15.9 Å². The number of hydrazone groups is 1. The number of hydrogen-bond donors (Lipinski definition) is 1. The number of carbonyl (C=O) groups is 1. The van der Waals surface area contributed by atoms with Crippen LogP contribution in [0.3, 0.4) is 0 Å². The maximum atomic E-state index is 12.8. The van der Waals surface area contributed by atoms with Gasteiger partial charge in [-0.2, -0.15) is 16.4 Å². The van der Waals surface area contributed by atoms with E-state index in [0.717, 1.165) is 22.0 Å². The van der Waals surface area contributed by atoms with Crippen molar-refractivity contribution in [2.75, 3.05) is 7.11 Å². The summed E-state index contributed by atoms with van der Waals surface area (Å²) in [6, 6.07) is 18.9. The van der Waals surface area contributed by atoms with Crippen LogP contribution in [-0.4, -0.2) is 24.2 Å². The molecule has 5 nitrogen and oxygen atoms in total. The van der Waals surface area contributed by atoms with Crippen molar-refractivity contribution in [3.8, 4) is 17.0 Å². The standard InChI is InChI=1S/C22H17N3O2S/c1-27-21-9-5-3-7-17(21)20-12-18(16-6-2-4-8-19(16)24-20)22(26)25-23-13-15-10-11-28-14-15/h2-14H,1H3,(H,25,26). The summed E-state index contributed by atoms with van der Waals surface area (Å²) in [4.78, 5) is 17.6. The van der Waals surface area contributed by atoms with Crippen LogP contribution < -0.4 is 10.2 Å². The lowest BCUT2D eigenvalue weighted by Crippen LogP contribution is -2.18. The summed E-state index contributed by atoms with van der Waals surface area (Å²) in [5.41, 5.74) is 6.29. The average molecular weight is 387 g/mol. The zero-order valence-corrected chi connectivity index (χ0v) is 15.9. The number of nitrogens with one attached hydrogen (secondary N) is 1. The number of pyridine rings is 1. The molecule has 0 atom stereocenters. The molecular weight excluding hydrogens is 370 g/mol. The lowest BCUT2D eigenvalue weighted by molar-refractivity contribution is 0.0956. The molecule has 28 heavy (non-hydrogen) atoms. The second-order valence-electron chi connectivity index (χ2n) is 6.03. The lowest BCUT2D eigenvalue weighted by atomic mass is 10.0. The van der Waals surface area contributed by atoms with E-state index in [1.807, 2.05) is 65.4 Å². The van der Waals surface area contributed by atoms with Crippen LogP contribution >= 0.6 is 11.3 Å². The first kappa shape index (κ1) is 17.9. The molecule has 0 fully saturated rings. The lowest BCUT2D eigenvalue weighted by Gasteiger charge is -2.11. The van der Waals surface area contributed by atoms with E-state index in [-0.39, 0.29) is 5.91 Å². The Morgan fingerprint density at radius 2 is 1.96 bits per heavy atom. The minimum atomic E-state index is -0.291. The maximum Gasteiger partial charge on any atom is 0.272 e. The van der Waals surface area contributed by atoms with E-state index < -0.39 is 0 Å². The number of amides is 1. The predicted octanol–water partition coefficient (Wildman–Crippen LogP) is 4.74. The van der Waals surface area contributed by atoms with E-state index in [0.29, 0.717) is 17.0 Å². The number of ether oxygens (including phenoxy) is 1. The molecular formula is C22H17N3O2S. The van der Waals surface area contributed by atoms with E-state index in [4.69, 9.17) is 9.72 Å². The Hall–Kier alpha value is -3.51. The summed E-state index contributed by atoms with van der Waals surface area (Å²) in [7, 11) is 1.62. The molecule has 2 aromatic heterocycles. The average Bonchev–Trinajstić information content (AvgIpc) is 3.26. The molecule has 1 amide bonds. The van der Waals surface area contributed by atoms with Gasteiger partial charge in [-0.15, -0.1) is 0 Å². The molecule has 4 aromatic rings. The van der Waals surface area contributed by atoms with E-state index in [2.05, 4.69) is 10.5 Å². The van der Waals surface area contributed by atoms with E-state index in [1.165, 1.54) is 0 Å². The van der Waals surface area contributed by atoms with Crippen LogP contribution in [0.5, 0.6) is 5.75 Å². The summed E-state index contributed by atoms with van der Waals surface area (Å²) in [6.07, 6.45) is 1.62. The van der Waals surface area contributed by atoms with Crippen LogP contribution in [0.25, 0.3) is 22.2 Å². The van der Waals surface area contributed by atoms with Crippen molar-refractivity contribution < 1.29 is 9.53 Å². The smallest absolute Gasteiger partial charge is 0.272 e. The van der Waals surface area contributed by atoms with Crippen LogP contribution in [0.2, 0.25) is 0 Å². The second kappa shape index (κ2) is 8.02. The Labute approximate surface area is 166 Å². The third kappa shape index (κ3) is 3.63. The molecule has 0 aliphatic heterocycles. The third-order valence-electron chi connectivity index (χ3n) is 4.27. The minimum Gasteiger partial charge on any atom is -0.496 e. The summed E-state index contributed by atoms with van der Waals surface area (Å²) < 4.78 is 5.46. The number of fused-ring (bicyclic) bond motifs is 1. The monoisotopic (exact) mass is 387 g/mol. The number of hydrogen-bond acceptors (Lipinski definition) is 5. The van der Waals surface area contributed by atoms with Crippen molar-refractivity contribution in [1.29, 1.82) is 0 Å². The number of benzene rings is 2. The van der Waals surface area contributed by atoms with Gasteiger partial charge in [-0.3, -0.25) is 4.79 Å². The molecule has 0 saturated carbocycles. The summed E-state index contributed by atoms with van der Waals surface area (Å²) in [5, 5.41) is 8.75. The van der Waals surface area contributed by atoms with Crippen LogP contribution in [-0.2, 0) is 0 Å². The second-order valence-corrected chi connectivity index (χ2v) is 6.81. The highest BCUT2D eigenvalue weighted by Crippen LogP contribution is 2.31. The van der Waals surface area contributed by atoms with Crippen molar-refractivity contribution in [1.82, 2.24) is 10.4 Å². The van der Waals surface area contributed by atoms with Crippen molar-refractivity contribution in [3.63, 3.8) is 0 Å². The molecule has 1 N–H and O–H groups in total. The van der Waals surface area contributed by atoms with Gasteiger partial charge in [-0.25, -0.2) is 10.4 Å². The zero-order chi connectivity index (χ0) is 19.3. The maximum absolute atomic E-state index is 12.8. The Kier molecular flexibility index (Phi) is 5.12. The topological polar surface area (TPSA) is 63.6 Å². The molecule has 0 bridgehead atoms. The third-order valence-corrected chi connectivity index (χ3v) is 4.97. The summed E-state index contributed by atoms with van der Waals surface area (Å²) >= 11 is 1.58. The van der Waals surface area contributed by atoms with E-state index in [1.54, 1.807) is 30.7 Å². The first-order chi connectivity index (χ1) is 13.8. The molecule has 0 unspecified atom stereocenters. The zero-order valence-electron chi connectivity index (χ0n) is 15.1. The number of carbonyl (C=O) groups excluding carboxylic acids is 1. The van der Waals surface area contributed by atoms with E-state index >= 15 is 0 Å². The molecule has 138 valence electrons. The summed E-state index contributed by atoms with van der Waals surface area (Å²) in [6.45, 7) is 0. The summed E-state index contributed by atoms with van der Waals surface area (Å²) in [5.74, 6) is 0.411. The largest absolute Gasteiger partial charge is 0.496 e. The van der Waals surface area contributed by atoms with Crippen LogP contribution in [0, 0.1) is 0 Å². The number of thiophene rings is 1. The molecule has 0 radical (unpaired) electrons. The van der Waals surface area contributed by atoms with Gasteiger partial charge < -0.3 is 4.74 Å². The van der Waals surface area contributed by atoms with Crippen LogP contribution in [0.4, 0.5) is 0 Å². The Morgan fingerprint density at radius 3 is 2.79 bits per heavy atom. The van der Waals surface area contributed by atoms with Gasteiger partial charge in [0.15, 0.2) is 0 Å². The van der Waals surface area contributed by atoms with Gasteiger partial charge >= 0.3 is 0 Å². The highest BCUT2D eigenvalue weighted by molar-refractivity contribution is 7.08. The molecule has 0 spiro atoms. The number of methoxy groups -OCH3 is 1. The first-order valence-corrected chi connectivity index (χ1v) is 9.59. The number of para-hydroxylation sites is 2. The Bertz CT molecular complexity index is 1150. The fourth-order valence-electron chi connectivity index (χ4n) is 2.93. The number of rotatable bonds is 5. The highest BCUT2D eigenvalue weighted by Gasteiger charge is 2.15. The molecule has 0 aliphatic carbocycles. The van der Waals surface area contributed by atoms with Crippen LogP contribution in [0.15, 0.2) is 76.5 Å². The Morgan fingerprint density at radius 1 is 1.14 bits per heavy atom. The van der Waals surface area contributed by atoms with Gasteiger partial charge in [0.2, 0.25) is 0 Å². The molecule has 0 saturated heterocycles. The van der Waals surface area contributed by atoms with Crippen molar-refractivity contribution in [2.45, 2.75) is 0 Å². The SMILES string of the molecule is COc1ccccc1-c1cc(C(=O)NN=Cc2ccsc2)c2ccccc2n1. The van der Waals surface area contributed by atoms with Crippen molar-refractivity contribution >= 4 is 34.4 Å². The Balaban J connectivity index is 1.75. The minimum absolute atomic E-state index is 0.291. The fraction of sp³-hybridized carbons (Fsp3) is 0.0455. The van der Waals surface area contributed by atoms with Crippen molar-refractivity contribution in [2.24, 2.45) is 5.10 Å². The normalized spacial score (nSPS) is 11.0. The van der Waals surface area contributed by atoms with Gasteiger partial charge in [-0.1, -0.05) is 30.3 Å². The first-order valence-electron chi connectivity index (χ1n) is 8.65. The quantitative estimate of drug-likeness (QED) is 0.397. The van der Waals surface area contributed by atoms with Gasteiger partial charge in [-0.05, 0) is 41.1 Å². The molecule has 4 rings (SSSR count). The van der Waals surface area contributed by atoms with Gasteiger partial charge in [0.1, 0.15) is 5.75 Å².